The molecule has 1 N–H and O–H groups in total. The van der Waals surface area contributed by atoms with Gasteiger partial charge in [0.05, 0.1) is 5.69 Å². The molecule has 3 rings (SSSR count). The highest BCUT2D eigenvalue weighted by Crippen LogP contribution is 2.22. The molecule has 2 heterocycles. The van der Waals surface area contributed by atoms with Crippen molar-refractivity contribution in [1.29, 1.82) is 0 Å². The minimum Gasteiger partial charge on any atom is -0.353 e. The van der Waals surface area contributed by atoms with Crippen molar-refractivity contribution in [2.45, 2.75) is 13.8 Å². The summed E-state index contributed by atoms with van der Waals surface area (Å²) in [6.07, 6.45) is 0. The van der Waals surface area contributed by atoms with Crippen molar-refractivity contribution in [2.24, 2.45) is 0 Å². The molecule has 1 aromatic carbocycles. The quantitative estimate of drug-likeness (QED) is 0.936. The number of hydrogen-bond donors (Lipinski definition) is 1. The third-order valence-corrected chi connectivity index (χ3v) is 4.01. The number of piperazine rings is 1. The van der Waals surface area contributed by atoms with E-state index >= 15 is 0 Å². The van der Waals surface area contributed by atoms with Gasteiger partial charge in [0.25, 0.3) is 0 Å². The summed E-state index contributed by atoms with van der Waals surface area (Å²) < 4.78 is 13.8. The van der Waals surface area contributed by atoms with Gasteiger partial charge < -0.3 is 15.1 Å². The molecule has 0 radical (unpaired) electrons. The van der Waals surface area contributed by atoms with Gasteiger partial charge in [-0.25, -0.2) is 14.4 Å². The van der Waals surface area contributed by atoms with E-state index in [2.05, 4.69) is 20.2 Å². The summed E-state index contributed by atoms with van der Waals surface area (Å²) >= 11 is 0. The first-order chi connectivity index (χ1) is 11.5. The lowest BCUT2D eigenvalue weighted by molar-refractivity contribution is -0.129. The molecule has 0 unspecified atom stereocenters. The number of anilines is 3. The molecule has 126 valence electrons. The molecule has 0 bridgehead atoms. The maximum atomic E-state index is 13.8. The Morgan fingerprint density at radius 2 is 1.88 bits per heavy atom. The smallest absolute Gasteiger partial charge is 0.219 e. The van der Waals surface area contributed by atoms with E-state index < -0.39 is 0 Å². The Labute approximate surface area is 140 Å². The summed E-state index contributed by atoms with van der Waals surface area (Å²) in [6.45, 7) is 6.18. The second kappa shape index (κ2) is 6.82. The molecule has 0 atom stereocenters. The predicted molar refractivity (Wildman–Crippen MR) is 90.9 cm³/mol. The number of carbonyl (C=O) groups excluding carboxylic acids is 1. The fraction of sp³-hybridized carbons (Fsp3) is 0.353. The van der Waals surface area contributed by atoms with E-state index in [4.69, 9.17) is 0 Å². The van der Waals surface area contributed by atoms with Crippen molar-refractivity contribution in [3.05, 3.63) is 42.0 Å². The average molecular weight is 329 g/mol. The number of amides is 1. The molecule has 1 aromatic heterocycles. The van der Waals surface area contributed by atoms with Crippen molar-refractivity contribution in [2.75, 3.05) is 36.4 Å². The van der Waals surface area contributed by atoms with Crippen LogP contribution in [0.4, 0.5) is 21.7 Å². The topological polar surface area (TPSA) is 61.4 Å². The fourth-order valence-electron chi connectivity index (χ4n) is 2.73. The van der Waals surface area contributed by atoms with Gasteiger partial charge in [-0.15, -0.1) is 0 Å². The van der Waals surface area contributed by atoms with E-state index in [1.165, 1.54) is 6.07 Å². The molecule has 0 aliphatic carbocycles. The Balaban J connectivity index is 1.77. The van der Waals surface area contributed by atoms with E-state index in [-0.39, 0.29) is 11.7 Å². The fourth-order valence-corrected chi connectivity index (χ4v) is 2.73. The zero-order valence-electron chi connectivity index (χ0n) is 13.8. The third-order valence-electron chi connectivity index (χ3n) is 4.01. The lowest BCUT2D eigenvalue weighted by Gasteiger charge is -2.35. The maximum absolute atomic E-state index is 13.8. The van der Waals surface area contributed by atoms with Crippen molar-refractivity contribution in [3.63, 3.8) is 0 Å². The standard InChI is InChI=1S/C17H20FN5O/c1-12-19-16(21-15-6-4-3-5-14(15)18)11-17(20-12)23-9-7-22(8-10-23)13(2)24/h3-6,11H,7-10H2,1-2H3,(H,19,20,21). The largest absolute Gasteiger partial charge is 0.353 e. The molecule has 2 aromatic rings. The van der Waals surface area contributed by atoms with Crippen LogP contribution in [0.3, 0.4) is 0 Å². The molecule has 1 fully saturated rings. The predicted octanol–water partition coefficient (Wildman–Crippen LogP) is 2.34. The van der Waals surface area contributed by atoms with Gasteiger partial charge in [0.15, 0.2) is 0 Å². The number of halogens is 1. The average Bonchev–Trinajstić information content (AvgIpc) is 2.56. The highest BCUT2D eigenvalue weighted by molar-refractivity contribution is 5.73. The number of para-hydroxylation sites is 1. The zero-order chi connectivity index (χ0) is 17.1. The molecular formula is C17H20FN5O. The van der Waals surface area contributed by atoms with Gasteiger partial charge in [-0.2, -0.15) is 0 Å². The number of aryl methyl sites for hydroxylation is 1. The summed E-state index contributed by atoms with van der Waals surface area (Å²) in [4.78, 5) is 24.2. The monoisotopic (exact) mass is 329 g/mol. The first kappa shape index (κ1) is 16.2. The molecule has 0 saturated carbocycles. The molecule has 1 saturated heterocycles. The van der Waals surface area contributed by atoms with E-state index in [0.29, 0.717) is 30.4 Å². The second-order valence-electron chi connectivity index (χ2n) is 5.76. The van der Waals surface area contributed by atoms with E-state index in [1.807, 2.05) is 17.9 Å². The van der Waals surface area contributed by atoms with E-state index in [1.54, 1.807) is 25.1 Å². The lowest BCUT2D eigenvalue weighted by Crippen LogP contribution is -2.48. The highest BCUT2D eigenvalue weighted by atomic mass is 19.1. The molecule has 1 amide bonds. The first-order valence-corrected chi connectivity index (χ1v) is 7.90. The van der Waals surface area contributed by atoms with Crippen molar-refractivity contribution >= 4 is 23.2 Å². The van der Waals surface area contributed by atoms with Crippen LogP contribution in [0.15, 0.2) is 30.3 Å². The number of carbonyl (C=O) groups is 1. The molecule has 6 nitrogen and oxygen atoms in total. The van der Waals surface area contributed by atoms with Crippen LogP contribution in [0.1, 0.15) is 12.7 Å². The van der Waals surface area contributed by atoms with E-state index in [0.717, 1.165) is 18.9 Å². The Morgan fingerprint density at radius 3 is 2.54 bits per heavy atom. The summed E-state index contributed by atoms with van der Waals surface area (Å²) in [5, 5.41) is 3.00. The van der Waals surface area contributed by atoms with Crippen molar-refractivity contribution < 1.29 is 9.18 Å². The first-order valence-electron chi connectivity index (χ1n) is 7.90. The summed E-state index contributed by atoms with van der Waals surface area (Å²) in [5.41, 5.74) is 0.378. The van der Waals surface area contributed by atoms with Crippen LogP contribution in [0.2, 0.25) is 0 Å². The SMILES string of the molecule is CC(=O)N1CCN(c2cc(Nc3ccccc3F)nc(C)n2)CC1. The minimum absolute atomic E-state index is 0.0930. The van der Waals surface area contributed by atoms with Gasteiger partial charge in [-0.3, -0.25) is 4.79 Å². The van der Waals surface area contributed by atoms with Crippen LogP contribution in [0.25, 0.3) is 0 Å². The van der Waals surface area contributed by atoms with Crippen molar-refractivity contribution in [3.8, 4) is 0 Å². The highest BCUT2D eigenvalue weighted by Gasteiger charge is 2.20. The number of rotatable bonds is 3. The summed E-state index contributed by atoms with van der Waals surface area (Å²) in [5.74, 6) is 1.71. The number of aromatic nitrogens is 2. The molecule has 1 aliphatic rings. The molecule has 7 heteroatoms. The summed E-state index contributed by atoms with van der Waals surface area (Å²) in [6, 6.07) is 8.28. The Hall–Kier alpha value is -2.70. The molecule has 1 aliphatic heterocycles. The number of hydrogen-bond acceptors (Lipinski definition) is 5. The van der Waals surface area contributed by atoms with Crippen LogP contribution in [0, 0.1) is 12.7 Å². The Kier molecular flexibility index (Phi) is 4.59. The van der Waals surface area contributed by atoms with E-state index in [9.17, 15) is 9.18 Å². The van der Waals surface area contributed by atoms with Gasteiger partial charge in [-0.05, 0) is 19.1 Å². The van der Waals surface area contributed by atoms with Crippen LogP contribution in [0.5, 0.6) is 0 Å². The van der Waals surface area contributed by atoms with Crippen LogP contribution in [-0.4, -0.2) is 47.0 Å². The van der Waals surface area contributed by atoms with Crippen LogP contribution >= 0.6 is 0 Å². The molecule has 24 heavy (non-hydrogen) atoms. The maximum Gasteiger partial charge on any atom is 0.219 e. The van der Waals surface area contributed by atoms with Gasteiger partial charge in [0.1, 0.15) is 23.3 Å². The van der Waals surface area contributed by atoms with Gasteiger partial charge in [0, 0.05) is 39.2 Å². The van der Waals surface area contributed by atoms with Gasteiger partial charge in [0.2, 0.25) is 5.91 Å². The normalized spacial score (nSPS) is 14.6. The Bertz CT molecular complexity index is 744. The number of nitrogens with one attached hydrogen (secondary N) is 1. The second-order valence-corrected chi connectivity index (χ2v) is 5.76. The third kappa shape index (κ3) is 3.61. The van der Waals surface area contributed by atoms with Crippen LogP contribution < -0.4 is 10.2 Å². The van der Waals surface area contributed by atoms with Gasteiger partial charge in [-0.1, -0.05) is 12.1 Å². The molecule has 0 spiro atoms. The molecular weight excluding hydrogens is 309 g/mol. The number of benzene rings is 1. The summed E-state index contributed by atoms with van der Waals surface area (Å²) in [7, 11) is 0. The van der Waals surface area contributed by atoms with Crippen molar-refractivity contribution in [1.82, 2.24) is 14.9 Å². The Morgan fingerprint density at radius 1 is 1.17 bits per heavy atom. The zero-order valence-corrected chi connectivity index (χ0v) is 13.8. The minimum atomic E-state index is -0.328. The van der Waals surface area contributed by atoms with Crippen LogP contribution in [-0.2, 0) is 4.79 Å². The number of nitrogens with zero attached hydrogens (tertiary/aromatic N) is 4. The lowest BCUT2D eigenvalue weighted by atomic mass is 10.3. The van der Waals surface area contributed by atoms with Gasteiger partial charge >= 0.3 is 0 Å².